The molecule has 0 bridgehead atoms. The van der Waals surface area contributed by atoms with E-state index in [0.29, 0.717) is 12.0 Å². The third-order valence-electron chi connectivity index (χ3n) is 4.11. The Morgan fingerprint density at radius 3 is 3.05 bits per heavy atom. The fraction of sp³-hybridized carbons (Fsp3) is 0.312. The van der Waals surface area contributed by atoms with Crippen LogP contribution in [0.4, 0.5) is 0 Å². The smallest absolute Gasteiger partial charge is 0.194 e. The summed E-state index contributed by atoms with van der Waals surface area (Å²) in [7, 11) is 0. The molecular weight excluding hydrogens is 266 g/mol. The van der Waals surface area contributed by atoms with Gasteiger partial charge < -0.3 is 5.32 Å². The molecule has 20 heavy (non-hydrogen) atoms. The van der Waals surface area contributed by atoms with Crippen molar-refractivity contribution >= 4 is 16.3 Å². The summed E-state index contributed by atoms with van der Waals surface area (Å²) >= 11 is 1.69. The molecule has 1 aliphatic carbocycles. The molecule has 1 aliphatic rings. The fourth-order valence-electron chi connectivity index (χ4n) is 2.87. The Balaban J connectivity index is 1.45. The molecule has 1 aromatic carbocycles. The number of fused-ring (bicyclic) bond motifs is 1. The number of hydrogen-bond donors (Lipinski definition) is 1. The van der Waals surface area contributed by atoms with Gasteiger partial charge in [0.1, 0.15) is 0 Å². The summed E-state index contributed by atoms with van der Waals surface area (Å²) in [4.78, 5) is 5.68. The highest BCUT2D eigenvalue weighted by atomic mass is 32.1. The number of nitrogens with zero attached hydrogens (tertiary/aromatic N) is 2. The van der Waals surface area contributed by atoms with Gasteiger partial charge in [-0.3, -0.25) is 4.40 Å². The van der Waals surface area contributed by atoms with Crippen LogP contribution in [0.25, 0.3) is 4.96 Å². The maximum absolute atomic E-state index is 4.59. The van der Waals surface area contributed by atoms with Crippen molar-refractivity contribution in [2.75, 3.05) is 0 Å². The summed E-state index contributed by atoms with van der Waals surface area (Å²) in [5.41, 5.74) is 3.89. The molecule has 4 rings (SSSR count). The number of imidazole rings is 1. The van der Waals surface area contributed by atoms with E-state index < -0.39 is 0 Å². The lowest BCUT2D eigenvalue weighted by atomic mass is 10.1. The third kappa shape index (κ3) is 2.05. The van der Waals surface area contributed by atoms with Crippen LogP contribution in [0.3, 0.4) is 0 Å². The predicted molar refractivity (Wildman–Crippen MR) is 82.2 cm³/mol. The Labute approximate surface area is 122 Å². The van der Waals surface area contributed by atoms with E-state index in [2.05, 4.69) is 63.5 Å². The van der Waals surface area contributed by atoms with Crippen molar-refractivity contribution in [2.45, 2.75) is 31.8 Å². The molecule has 2 atom stereocenters. The maximum Gasteiger partial charge on any atom is 0.194 e. The number of benzene rings is 1. The van der Waals surface area contributed by atoms with Gasteiger partial charge in [0.25, 0.3) is 0 Å². The van der Waals surface area contributed by atoms with Crippen LogP contribution in [0, 0.1) is 6.92 Å². The first-order valence-electron chi connectivity index (χ1n) is 7.02. The lowest BCUT2D eigenvalue weighted by molar-refractivity contribution is 0.655. The predicted octanol–water partition coefficient (Wildman–Crippen LogP) is 3.35. The van der Waals surface area contributed by atoms with E-state index in [9.17, 15) is 0 Å². The zero-order valence-electron chi connectivity index (χ0n) is 11.4. The van der Waals surface area contributed by atoms with Gasteiger partial charge in [-0.15, -0.1) is 11.3 Å². The molecule has 2 unspecified atom stereocenters. The molecule has 2 aromatic heterocycles. The van der Waals surface area contributed by atoms with Crippen LogP contribution in [-0.2, 0) is 6.54 Å². The normalized spacial score (nSPS) is 21.4. The van der Waals surface area contributed by atoms with E-state index in [1.165, 1.54) is 17.7 Å². The molecule has 0 saturated heterocycles. The Morgan fingerprint density at radius 2 is 2.20 bits per heavy atom. The summed E-state index contributed by atoms with van der Waals surface area (Å²) in [6.45, 7) is 3.00. The van der Waals surface area contributed by atoms with Crippen molar-refractivity contribution in [3.05, 3.63) is 58.9 Å². The van der Waals surface area contributed by atoms with Crippen LogP contribution >= 0.6 is 11.3 Å². The third-order valence-corrected chi connectivity index (χ3v) is 4.87. The van der Waals surface area contributed by atoms with Gasteiger partial charge in [0, 0.05) is 30.1 Å². The fourth-order valence-corrected chi connectivity index (χ4v) is 3.65. The van der Waals surface area contributed by atoms with E-state index in [1.807, 2.05) is 0 Å². The molecule has 0 spiro atoms. The molecule has 3 aromatic rings. The molecule has 3 nitrogen and oxygen atoms in total. The average Bonchev–Trinajstić information content (AvgIpc) is 3.00. The zero-order chi connectivity index (χ0) is 13.5. The topological polar surface area (TPSA) is 29.3 Å². The van der Waals surface area contributed by atoms with E-state index >= 15 is 0 Å². The summed E-state index contributed by atoms with van der Waals surface area (Å²) in [5.74, 6) is 0.683. The van der Waals surface area contributed by atoms with Crippen LogP contribution in [0.15, 0.2) is 41.9 Å². The van der Waals surface area contributed by atoms with Crippen LogP contribution < -0.4 is 5.32 Å². The minimum Gasteiger partial charge on any atom is -0.308 e. The quantitative estimate of drug-likeness (QED) is 0.795. The van der Waals surface area contributed by atoms with Gasteiger partial charge in [-0.05, 0) is 18.9 Å². The number of rotatable bonds is 4. The van der Waals surface area contributed by atoms with Crippen molar-refractivity contribution in [3.8, 4) is 0 Å². The zero-order valence-corrected chi connectivity index (χ0v) is 12.2. The second-order valence-corrected chi connectivity index (χ2v) is 6.31. The minimum absolute atomic E-state index is 0.612. The number of hydrogen-bond acceptors (Lipinski definition) is 3. The van der Waals surface area contributed by atoms with Crippen molar-refractivity contribution in [1.82, 2.24) is 14.7 Å². The first-order chi connectivity index (χ1) is 9.83. The van der Waals surface area contributed by atoms with Crippen molar-refractivity contribution < 1.29 is 0 Å². The molecule has 0 radical (unpaired) electrons. The molecule has 1 saturated carbocycles. The van der Waals surface area contributed by atoms with Crippen LogP contribution in [0.1, 0.15) is 29.3 Å². The van der Waals surface area contributed by atoms with Crippen molar-refractivity contribution in [1.29, 1.82) is 0 Å². The highest BCUT2D eigenvalue weighted by Gasteiger charge is 2.37. The largest absolute Gasteiger partial charge is 0.308 e. The van der Waals surface area contributed by atoms with Gasteiger partial charge in [0.15, 0.2) is 4.96 Å². The standard InChI is InChI=1S/C16H17N3S/c1-11-15(19-7-8-20-16(19)18-11)10-17-14-9-13(14)12-5-3-2-4-6-12/h2-8,13-14,17H,9-10H2,1H3. The maximum atomic E-state index is 4.59. The molecule has 1 N–H and O–H groups in total. The monoisotopic (exact) mass is 283 g/mol. The van der Waals surface area contributed by atoms with Gasteiger partial charge in [0.05, 0.1) is 11.4 Å². The van der Waals surface area contributed by atoms with Crippen LogP contribution in [0.2, 0.25) is 0 Å². The van der Waals surface area contributed by atoms with Gasteiger partial charge in [-0.2, -0.15) is 0 Å². The Hall–Kier alpha value is -1.65. The summed E-state index contributed by atoms with van der Waals surface area (Å²) in [6.07, 6.45) is 3.35. The average molecular weight is 283 g/mol. The molecular formula is C16H17N3S. The van der Waals surface area contributed by atoms with E-state index in [4.69, 9.17) is 0 Å². The second-order valence-electron chi connectivity index (χ2n) is 5.44. The lowest BCUT2D eigenvalue weighted by Crippen LogP contribution is -2.18. The Kier molecular flexibility index (Phi) is 2.86. The second kappa shape index (κ2) is 4.72. The Morgan fingerprint density at radius 1 is 1.35 bits per heavy atom. The van der Waals surface area contributed by atoms with Crippen molar-refractivity contribution in [3.63, 3.8) is 0 Å². The molecule has 4 heteroatoms. The van der Waals surface area contributed by atoms with E-state index in [-0.39, 0.29) is 0 Å². The molecule has 1 fully saturated rings. The minimum atomic E-state index is 0.612. The highest BCUT2D eigenvalue weighted by Crippen LogP contribution is 2.40. The van der Waals surface area contributed by atoms with E-state index in [1.54, 1.807) is 11.3 Å². The molecule has 0 amide bonds. The van der Waals surface area contributed by atoms with Gasteiger partial charge in [-0.1, -0.05) is 30.3 Å². The van der Waals surface area contributed by atoms with Crippen molar-refractivity contribution in [2.24, 2.45) is 0 Å². The molecule has 2 heterocycles. The highest BCUT2D eigenvalue weighted by molar-refractivity contribution is 7.15. The number of thiazole rings is 1. The first kappa shape index (κ1) is 12.1. The number of aromatic nitrogens is 2. The van der Waals surface area contributed by atoms with E-state index in [0.717, 1.165) is 17.2 Å². The van der Waals surface area contributed by atoms with Gasteiger partial charge in [-0.25, -0.2) is 4.98 Å². The molecule has 0 aliphatic heterocycles. The Bertz CT molecular complexity index is 729. The van der Waals surface area contributed by atoms with Crippen LogP contribution in [-0.4, -0.2) is 15.4 Å². The molecule has 102 valence electrons. The van der Waals surface area contributed by atoms with Gasteiger partial charge in [0.2, 0.25) is 0 Å². The summed E-state index contributed by atoms with van der Waals surface area (Å²) in [6, 6.07) is 11.4. The van der Waals surface area contributed by atoms with Crippen LogP contribution in [0.5, 0.6) is 0 Å². The number of aryl methyl sites for hydroxylation is 1. The lowest BCUT2D eigenvalue weighted by Gasteiger charge is -2.05. The SMILES string of the molecule is Cc1nc2sccn2c1CNC1CC1c1ccccc1. The van der Waals surface area contributed by atoms with Gasteiger partial charge >= 0.3 is 0 Å². The number of nitrogens with one attached hydrogen (secondary N) is 1. The first-order valence-corrected chi connectivity index (χ1v) is 7.90. The summed E-state index contributed by atoms with van der Waals surface area (Å²) < 4.78 is 2.20. The summed E-state index contributed by atoms with van der Waals surface area (Å²) in [5, 5.41) is 5.77.